The van der Waals surface area contributed by atoms with E-state index in [0.717, 1.165) is 25.9 Å². The maximum absolute atomic E-state index is 13.2. The first kappa shape index (κ1) is 18.1. The summed E-state index contributed by atoms with van der Waals surface area (Å²) < 4.78 is 32.1. The number of likely N-dealkylation sites (tertiary alicyclic amines) is 1. The van der Waals surface area contributed by atoms with Crippen LogP contribution in [0.2, 0.25) is 0 Å². The zero-order chi connectivity index (χ0) is 17.4. The molecule has 24 heavy (non-hydrogen) atoms. The number of halogens is 2. The lowest BCUT2D eigenvalue weighted by atomic mass is 9.87. The van der Waals surface area contributed by atoms with E-state index in [0.29, 0.717) is 24.9 Å². The number of rotatable bonds is 5. The predicted molar refractivity (Wildman–Crippen MR) is 87.8 cm³/mol. The monoisotopic (exact) mass is 344 g/mol. The molecule has 2 atom stereocenters. The van der Waals surface area contributed by atoms with Gasteiger partial charge in [-0.15, -0.1) is 0 Å². The fraction of sp³-hybridized carbons (Fsp3) is 0.944. The summed E-state index contributed by atoms with van der Waals surface area (Å²) in [6, 6.07) is -0.664. The van der Waals surface area contributed by atoms with E-state index >= 15 is 0 Å². The van der Waals surface area contributed by atoms with Crippen LogP contribution in [-0.4, -0.2) is 48.6 Å². The Bertz CT molecular complexity index is 448. The maximum Gasteiger partial charge on any atom is 0.248 e. The first-order valence-corrected chi connectivity index (χ1v) is 9.34. The quantitative estimate of drug-likeness (QED) is 0.834. The summed E-state index contributed by atoms with van der Waals surface area (Å²) >= 11 is 0. The number of carbonyl (C=O) groups excluding carboxylic acids is 1. The molecule has 3 rings (SSSR count). The van der Waals surface area contributed by atoms with E-state index in [1.807, 2.05) is 11.8 Å². The molecule has 0 aromatic rings. The van der Waals surface area contributed by atoms with Crippen LogP contribution in [0, 0.1) is 11.3 Å². The van der Waals surface area contributed by atoms with Crippen molar-refractivity contribution in [1.82, 2.24) is 4.90 Å². The minimum absolute atomic E-state index is 0.0341. The summed E-state index contributed by atoms with van der Waals surface area (Å²) in [4.78, 5) is 14.4. The summed E-state index contributed by atoms with van der Waals surface area (Å²) in [6.07, 6.45) is 5.27. The zero-order valence-corrected chi connectivity index (χ0v) is 14.6. The van der Waals surface area contributed by atoms with Crippen LogP contribution in [0.1, 0.15) is 58.3 Å². The summed E-state index contributed by atoms with van der Waals surface area (Å²) in [6.45, 7) is 3.83. The van der Waals surface area contributed by atoms with Gasteiger partial charge >= 0.3 is 0 Å². The lowest BCUT2D eigenvalue weighted by Gasteiger charge is -2.35. The van der Waals surface area contributed by atoms with Crippen LogP contribution in [0.3, 0.4) is 0 Å². The van der Waals surface area contributed by atoms with Crippen molar-refractivity contribution >= 4 is 5.91 Å². The second-order valence-corrected chi connectivity index (χ2v) is 8.19. The highest BCUT2D eigenvalue weighted by Gasteiger charge is 2.45. The Kier molecular flexibility index (Phi) is 5.17. The standard InChI is InChI=1S/C18H30F2N2O2/c1-13(24-12-14-2-4-18(19,20)5-3-14)15(21)16(23)22-10-8-17(6-7-17)9-11-22/h13-15H,2-12,21H2,1H3/t13-,15+/m1/s1. The van der Waals surface area contributed by atoms with E-state index in [2.05, 4.69) is 0 Å². The van der Waals surface area contributed by atoms with Crippen LogP contribution in [0.5, 0.6) is 0 Å². The van der Waals surface area contributed by atoms with Crippen molar-refractivity contribution in [2.24, 2.45) is 17.1 Å². The maximum atomic E-state index is 13.2. The third-order valence-electron chi connectivity index (χ3n) is 6.32. The minimum atomic E-state index is -2.51. The van der Waals surface area contributed by atoms with Gasteiger partial charge in [-0.3, -0.25) is 4.79 Å². The molecule has 0 radical (unpaired) electrons. The van der Waals surface area contributed by atoms with Gasteiger partial charge in [-0.25, -0.2) is 8.78 Å². The smallest absolute Gasteiger partial charge is 0.248 e. The van der Waals surface area contributed by atoms with Crippen molar-refractivity contribution in [1.29, 1.82) is 0 Å². The molecule has 0 aromatic carbocycles. The highest BCUT2D eigenvalue weighted by atomic mass is 19.3. The molecule has 6 heteroatoms. The molecule has 0 bridgehead atoms. The number of ether oxygens (including phenoxy) is 1. The number of nitrogens with zero attached hydrogens (tertiary/aromatic N) is 1. The van der Waals surface area contributed by atoms with E-state index in [4.69, 9.17) is 10.5 Å². The first-order chi connectivity index (χ1) is 11.3. The third-order valence-corrected chi connectivity index (χ3v) is 6.32. The molecule has 2 saturated carbocycles. The van der Waals surface area contributed by atoms with Gasteiger partial charge in [-0.1, -0.05) is 0 Å². The molecule has 3 aliphatic rings. The Morgan fingerprint density at radius 3 is 2.29 bits per heavy atom. The molecular formula is C18H30F2N2O2. The molecule has 4 nitrogen and oxygen atoms in total. The number of alkyl halides is 2. The van der Waals surface area contributed by atoms with Crippen molar-refractivity contribution in [3.8, 4) is 0 Å². The average Bonchev–Trinajstić information content (AvgIpc) is 3.32. The van der Waals surface area contributed by atoms with Gasteiger partial charge in [-0.2, -0.15) is 0 Å². The SMILES string of the molecule is C[C@@H](OCC1CCC(F)(F)CC1)[C@H](N)C(=O)N1CCC2(CC1)CC2. The first-order valence-electron chi connectivity index (χ1n) is 9.34. The van der Waals surface area contributed by atoms with Gasteiger partial charge in [0.15, 0.2) is 0 Å². The van der Waals surface area contributed by atoms with E-state index in [9.17, 15) is 13.6 Å². The normalized spacial score (nSPS) is 28.6. The third kappa shape index (κ3) is 4.26. The second kappa shape index (κ2) is 6.87. The van der Waals surface area contributed by atoms with Crippen molar-refractivity contribution in [3.05, 3.63) is 0 Å². The molecule has 3 fully saturated rings. The van der Waals surface area contributed by atoms with Gasteiger partial charge < -0.3 is 15.4 Å². The number of hydrogen-bond donors (Lipinski definition) is 1. The Balaban J connectivity index is 1.39. The van der Waals surface area contributed by atoms with Gasteiger partial charge in [0.1, 0.15) is 6.04 Å². The molecule has 1 spiro atoms. The van der Waals surface area contributed by atoms with Gasteiger partial charge in [0.05, 0.1) is 6.10 Å². The van der Waals surface area contributed by atoms with Crippen molar-refractivity contribution in [3.63, 3.8) is 0 Å². The molecule has 1 aliphatic heterocycles. The van der Waals surface area contributed by atoms with Crippen molar-refractivity contribution in [2.75, 3.05) is 19.7 Å². The van der Waals surface area contributed by atoms with Gasteiger partial charge in [-0.05, 0) is 56.8 Å². The lowest BCUT2D eigenvalue weighted by Crippen LogP contribution is -2.52. The second-order valence-electron chi connectivity index (χ2n) is 8.19. The molecular weight excluding hydrogens is 314 g/mol. The zero-order valence-electron chi connectivity index (χ0n) is 14.6. The minimum Gasteiger partial charge on any atom is -0.376 e. The van der Waals surface area contributed by atoms with E-state index in [1.54, 1.807) is 0 Å². The summed E-state index contributed by atoms with van der Waals surface area (Å²) in [5.41, 5.74) is 6.63. The highest BCUT2D eigenvalue weighted by Crippen LogP contribution is 2.53. The predicted octanol–water partition coefficient (Wildman–Crippen LogP) is 2.95. The topological polar surface area (TPSA) is 55.6 Å². The highest BCUT2D eigenvalue weighted by molar-refractivity contribution is 5.82. The van der Waals surface area contributed by atoms with Crippen molar-refractivity contribution in [2.45, 2.75) is 76.4 Å². The number of hydrogen-bond acceptors (Lipinski definition) is 3. The van der Waals surface area contributed by atoms with Crippen LogP contribution >= 0.6 is 0 Å². The lowest BCUT2D eigenvalue weighted by molar-refractivity contribution is -0.138. The Morgan fingerprint density at radius 2 is 1.75 bits per heavy atom. The number of nitrogens with two attached hydrogens (primary N) is 1. The van der Waals surface area contributed by atoms with Crippen LogP contribution < -0.4 is 5.73 Å². The van der Waals surface area contributed by atoms with E-state index in [-0.39, 0.29) is 30.8 Å². The molecule has 2 aliphatic carbocycles. The largest absolute Gasteiger partial charge is 0.376 e. The fourth-order valence-electron chi connectivity index (χ4n) is 3.95. The molecule has 0 aromatic heterocycles. The molecule has 0 unspecified atom stereocenters. The van der Waals surface area contributed by atoms with Crippen molar-refractivity contribution < 1.29 is 18.3 Å². The molecule has 1 saturated heterocycles. The molecule has 2 N–H and O–H groups in total. The fourth-order valence-corrected chi connectivity index (χ4v) is 3.95. The summed E-state index contributed by atoms with van der Waals surface area (Å²) in [5, 5.41) is 0. The summed E-state index contributed by atoms with van der Waals surface area (Å²) in [7, 11) is 0. The molecule has 1 heterocycles. The molecule has 138 valence electrons. The van der Waals surface area contributed by atoms with E-state index in [1.165, 1.54) is 12.8 Å². The average molecular weight is 344 g/mol. The number of amides is 1. The van der Waals surface area contributed by atoms with Crippen LogP contribution in [-0.2, 0) is 9.53 Å². The Hall–Kier alpha value is -0.750. The van der Waals surface area contributed by atoms with Crippen LogP contribution in [0.25, 0.3) is 0 Å². The molecule has 1 amide bonds. The van der Waals surface area contributed by atoms with Gasteiger partial charge in [0.2, 0.25) is 11.8 Å². The Labute approximate surface area is 143 Å². The Morgan fingerprint density at radius 1 is 1.17 bits per heavy atom. The summed E-state index contributed by atoms with van der Waals surface area (Å²) in [5.74, 6) is -2.39. The van der Waals surface area contributed by atoms with Gasteiger partial charge in [0, 0.05) is 32.5 Å². The number of carbonyl (C=O) groups is 1. The number of piperidine rings is 1. The van der Waals surface area contributed by atoms with Crippen LogP contribution in [0.15, 0.2) is 0 Å². The van der Waals surface area contributed by atoms with Gasteiger partial charge in [0.25, 0.3) is 0 Å². The van der Waals surface area contributed by atoms with Crippen LogP contribution in [0.4, 0.5) is 8.78 Å². The van der Waals surface area contributed by atoms with E-state index < -0.39 is 12.0 Å².